The average molecular weight is 404 g/mol. The van der Waals surface area contributed by atoms with Gasteiger partial charge in [0.1, 0.15) is 12.6 Å². The van der Waals surface area contributed by atoms with Crippen molar-refractivity contribution in [1.29, 1.82) is 0 Å². The normalized spacial score (nSPS) is 15.9. The van der Waals surface area contributed by atoms with Crippen LogP contribution in [-0.4, -0.2) is 35.9 Å². The van der Waals surface area contributed by atoms with E-state index in [9.17, 15) is 4.79 Å². The molecule has 0 aliphatic carbocycles. The number of rotatable bonds is 4. The Bertz CT molecular complexity index is 1210. The number of carbonyl (C=O) groups is 1. The first kappa shape index (κ1) is 18.3. The number of amides is 1. The Labute approximate surface area is 172 Å². The summed E-state index contributed by atoms with van der Waals surface area (Å²) >= 11 is 0. The van der Waals surface area contributed by atoms with Crippen LogP contribution in [0.2, 0.25) is 0 Å². The van der Waals surface area contributed by atoms with E-state index in [0.717, 1.165) is 16.7 Å². The maximum absolute atomic E-state index is 13.4. The standard InChI is InChI=1S/C21H20N6O3/c1-13-9-22-26(10-13)12-17-8-18(25-30-17)21(28)27-11-16-6-4-3-5-15(16)7-19(27)20-24-23-14(2)29-20/h3-6,8-10,19H,7,11-12H2,1-2H3. The Morgan fingerprint density at radius 3 is 2.77 bits per heavy atom. The molecule has 9 heteroatoms. The van der Waals surface area contributed by atoms with Crippen LogP contribution in [-0.2, 0) is 19.5 Å². The molecule has 4 heterocycles. The molecule has 1 unspecified atom stereocenters. The molecule has 30 heavy (non-hydrogen) atoms. The van der Waals surface area contributed by atoms with E-state index in [2.05, 4.69) is 26.5 Å². The number of nitrogens with zero attached hydrogens (tertiary/aromatic N) is 6. The first-order chi connectivity index (χ1) is 14.6. The minimum atomic E-state index is -0.359. The van der Waals surface area contributed by atoms with E-state index in [1.165, 1.54) is 0 Å². The van der Waals surface area contributed by atoms with Crippen molar-refractivity contribution in [2.45, 2.75) is 39.4 Å². The van der Waals surface area contributed by atoms with Crippen molar-refractivity contribution in [3.63, 3.8) is 0 Å². The molecule has 4 aromatic rings. The van der Waals surface area contributed by atoms with E-state index < -0.39 is 0 Å². The Morgan fingerprint density at radius 2 is 2.03 bits per heavy atom. The van der Waals surface area contributed by atoms with Crippen LogP contribution in [0.15, 0.2) is 51.7 Å². The molecule has 0 N–H and O–H groups in total. The first-order valence-corrected chi connectivity index (χ1v) is 9.69. The van der Waals surface area contributed by atoms with Gasteiger partial charge in [0.2, 0.25) is 11.8 Å². The van der Waals surface area contributed by atoms with Gasteiger partial charge < -0.3 is 13.8 Å². The third-order valence-electron chi connectivity index (χ3n) is 5.19. The number of carbonyl (C=O) groups excluding carboxylic acids is 1. The van der Waals surface area contributed by atoms with E-state index in [-0.39, 0.29) is 17.6 Å². The van der Waals surface area contributed by atoms with Crippen molar-refractivity contribution in [1.82, 2.24) is 30.0 Å². The molecule has 1 amide bonds. The number of aromatic nitrogens is 5. The fourth-order valence-electron chi connectivity index (χ4n) is 3.75. The number of aryl methyl sites for hydroxylation is 2. The van der Waals surface area contributed by atoms with Crippen molar-refractivity contribution < 1.29 is 13.7 Å². The van der Waals surface area contributed by atoms with Gasteiger partial charge in [0.25, 0.3) is 5.91 Å². The van der Waals surface area contributed by atoms with Gasteiger partial charge in [0, 0.05) is 32.2 Å². The van der Waals surface area contributed by atoms with Crippen LogP contribution in [0.5, 0.6) is 0 Å². The molecule has 5 rings (SSSR count). The summed E-state index contributed by atoms with van der Waals surface area (Å²) in [5.41, 5.74) is 3.55. The molecule has 0 radical (unpaired) electrons. The second-order valence-electron chi connectivity index (χ2n) is 7.47. The summed E-state index contributed by atoms with van der Waals surface area (Å²) in [5, 5.41) is 16.4. The van der Waals surface area contributed by atoms with Crippen LogP contribution in [0.3, 0.4) is 0 Å². The molecule has 1 aromatic carbocycles. The summed E-state index contributed by atoms with van der Waals surface area (Å²) in [6, 6.07) is 9.36. The van der Waals surface area contributed by atoms with E-state index in [4.69, 9.17) is 8.94 Å². The molecule has 9 nitrogen and oxygen atoms in total. The summed E-state index contributed by atoms with van der Waals surface area (Å²) < 4.78 is 12.8. The van der Waals surface area contributed by atoms with Crippen molar-refractivity contribution >= 4 is 5.91 Å². The third kappa shape index (κ3) is 3.38. The van der Waals surface area contributed by atoms with Crippen LogP contribution < -0.4 is 0 Å². The molecule has 0 saturated heterocycles. The van der Waals surface area contributed by atoms with Gasteiger partial charge >= 0.3 is 0 Å². The third-order valence-corrected chi connectivity index (χ3v) is 5.19. The fourth-order valence-corrected chi connectivity index (χ4v) is 3.75. The van der Waals surface area contributed by atoms with E-state index >= 15 is 0 Å². The predicted octanol–water partition coefficient (Wildman–Crippen LogP) is 2.86. The maximum Gasteiger partial charge on any atom is 0.277 e. The molecular formula is C21H20N6O3. The summed E-state index contributed by atoms with van der Waals surface area (Å²) in [6.07, 6.45) is 4.27. The first-order valence-electron chi connectivity index (χ1n) is 9.69. The van der Waals surface area contributed by atoms with Crippen LogP contribution in [0.1, 0.15) is 50.8 Å². The summed E-state index contributed by atoms with van der Waals surface area (Å²) in [6.45, 7) is 4.54. The van der Waals surface area contributed by atoms with Gasteiger partial charge in [-0.05, 0) is 23.6 Å². The van der Waals surface area contributed by atoms with E-state index in [1.54, 1.807) is 28.8 Å². The SMILES string of the molecule is Cc1cnn(Cc2cc(C(=O)N3Cc4ccccc4CC3c3nnc(C)o3)no2)c1. The Balaban J connectivity index is 1.44. The molecule has 152 valence electrons. The highest BCUT2D eigenvalue weighted by atomic mass is 16.5. The van der Waals surface area contributed by atoms with Gasteiger partial charge in [0.05, 0.1) is 6.20 Å². The molecule has 1 aliphatic rings. The minimum absolute atomic E-state index is 0.239. The van der Waals surface area contributed by atoms with E-state index in [1.807, 2.05) is 31.3 Å². The highest BCUT2D eigenvalue weighted by Gasteiger charge is 2.35. The van der Waals surface area contributed by atoms with Crippen LogP contribution in [0.25, 0.3) is 0 Å². The second kappa shape index (κ2) is 7.25. The minimum Gasteiger partial charge on any atom is -0.423 e. The lowest BCUT2D eigenvalue weighted by atomic mass is 9.93. The number of hydrogen-bond donors (Lipinski definition) is 0. The number of hydrogen-bond acceptors (Lipinski definition) is 7. The summed E-state index contributed by atoms with van der Waals surface area (Å²) in [7, 11) is 0. The Kier molecular flexibility index (Phi) is 4.42. The van der Waals surface area contributed by atoms with Crippen LogP contribution in [0, 0.1) is 13.8 Å². The van der Waals surface area contributed by atoms with Gasteiger partial charge in [-0.25, -0.2) is 0 Å². The molecule has 0 saturated carbocycles. The quantitative estimate of drug-likeness (QED) is 0.515. The smallest absolute Gasteiger partial charge is 0.277 e. The lowest BCUT2D eigenvalue weighted by Gasteiger charge is -2.34. The maximum atomic E-state index is 13.4. The summed E-state index contributed by atoms with van der Waals surface area (Å²) in [5.74, 6) is 1.21. The molecule has 0 spiro atoms. The van der Waals surface area contributed by atoms with Crippen molar-refractivity contribution in [3.05, 3.63) is 82.7 Å². The topological polar surface area (TPSA) is 103 Å². The van der Waals surface area contributed by atoms with Gasteiger partial charge in [-0.15, -0.1) is 10.2 Å². The van der Waals surface area contributed by atoms with Gasteiger partial charge in [-0.3, -0.25) is 9.48 Å². The van der Waals surface area contributed by atoms with E-state index in [0.29, 0.717) is 37.1 Å². The largest absolute Gasteiger partial charge is 0.423 e. The molecule has 1 atom stereocenters. The van der Waals surface area contributed by atoms with Crippen LogP contribution >= 0.6 is 0 Å². The fraction of sp³-hybridized carbons (Fsp3) is 0.286. The van der Waals surface area contributed by atoms with Gasteiger partial charge in [-0.2, -0.15) is 5.10 Å². The van der Waals surface area contributed by atoms with Gasteiger partial charge in [0.15, 0.2) is 11.5 Å². The molecule has 1 aliphatic heterocycles. The lowest BCUT2D eigenvalue weighted by Crippen LogP contribution is -2.39. The Morgan fingerprint density at radius 1 is 1.20 bits per heavy atom. The predicted molar refractivity (Wildman–Crippen MR) is 104 cm³/mol. The average Bonchev–Trinajstić information content (AvgIpc) is 3.48. The zero-order valence-electron chi connectivity index (χ0n) is 16.6. The van der Waals surface area contributed by atoms with Crippen molar-refractivity contribution in [2.24, 2.45) is 0 Å². The van der Waals surface area contributed by atoms with Crippen LogP contribution in [0.4, 0.5) is 0 Å². The van der Waals surface area contributed by atoms with Gasteiger partial charge in [-0.1, -0.05) is 29.4 Å². The molecule has 3 aromatic heterocycles. The molecule has 0 fully saturated rings. The second-order valence-corrected chi connectivity index (χ2v) is 7.47. The lowest BCUT2D eigenvalue weighted by molar-refractivity contribution is 0.0592. The zero-order chi connectivity index (χ0) is 20.7. The van der Waals surface area contributed by atoms with Crippen molar-refractivity contribution in [2.75, 3.05) is 0 Å². The highest BCUT2D eigenvalue weighted by molar-refractivity contribution is 5.92. The molecular weight excluding hydrogens is 384 g/mol. The zero-order valence-corrected chi connectivity index (χ0v) is 16.6. The molecule has 0 bridgehead atoms. The van der Waals surface area contributed by atoms with Crippen molar-refractivity contribution in [3.8, 4) is 0 Å². The monoisotopic (exact) mass is 404 g/mol. The highest BCUT2D eigenvalue weighted by Crippen LogP contribution is 2.33. The number of benzene rings is 1. The summed E-state index contributed by atoms with van der Waals surface area (Å²) in [4.78, 5) is 15.1. The number of fused-ring (bicyclic) bond motifs is 1. The Hall–Kier alpha value is -3.75.